The summed E-state index contributed by atoms with van der Waals surface area (Å²) in [5.74, 6) is 1.07. The van der Waals surface area contributed by atoms with Gasteiger partial charge in [-0.25, -0.2) is 4.98 Å². The van der Waals surface area contributed by atoms with Gasteiger partial charge in [0.05, 0.1) is 9.40 Å². The van der Waals surface area contributed by atoms with Gasteiger partial charge >= 0.3 is 0 Å². The molecule has 0 spiro atoms. The Morgan fingerprint density at radius 2 is 2.13 bits per heavy atom. The summed E-state index contributed by atoms with van der Waals surface area (Å²) in [7, 11) is 0. The number of amides is 1. The molecule has 1 N–H and O–H groups in total. The highest BCUT2D eigenvalue weighted by Crippen LogP contribution is 2.29. The van der Waals surface area contributed by atoms with E-state index in [9.17, 15) is 14.9 Å². The highest BCUT2D eigenvalue weighted by Gasteiger charge is 2.32. The molecule has 3 rings (SSSR count). The molecule has 2 aliphatic rings. The number of nitro groups is 1. The minimum absolute atomic E-state index is 0.0492. The Labute approximate surface area is 142 Å². The predicted molar refractivity (Wildman–Crippen MR) is 89.2 cm³/mol. The van der Waals surface area contributed by atoms with E-state index in [0.29, 0.717) is 16.8 Å². The van der Waals surface area contributed by atoms with Gasteiger partial charge in [0.25, 0.3) is 5.69 Å². The molecule has 0 bridgehead atoms. The number of hydrogen-bond acceptors (Lipinski definition) is 5. The highest BCUT2D eigenvalue weighted by atomic mass is 79.9. The zero-order chi connectivity index (χ0) is 16.4. The summed E-state index contributed by atoms with van der Waals surface area (Å²) in [6.45, 7) is 1.43. The Hall–Kier alpha value is -1.70. The second-order valence-electron chi connectivity index (χ2n) is 6.18. The molecule has 0 radical (unpaired) electrons. The zero-order valence-corrected chi connectivity index (χ0v) is 14.3. The van der Waals surface area contributed by atoms with Crippen LogP contribution in [0.15, 0.2) is 16.7 Å². The standard InChI is InChI=1S/C15H19BrN4O3/c16-13-7-12(20(22)23)8-17-14(13)18-11-5-6-19(9-11)15(21)10-3-1-2-4-10/h7-8,10-11H,1-6,9H2,(H,17,18). The number of nitrogens with one attached hydrogen (secondary N) is 1. The predicted octanol–water partition coefficient (Wildman–Crippen LogP) is 2.96. The van der Waals surface area contributed by atoms with Gasteiger partial charge in [0.1, 0.15) is 12.0 Å². The van der Waals surface area contributed by atoms with Crippen molar-refractivity contribution in [2.24, 2.45) is 5.92 Å². The van der Waals surface area contributed by atoms with Crippen LogP contribution in [0.5, 0.6) is 0 Å². The number of rotatable bonds is 4. The van der Waals surface area contributed by atoms with E-state index >= 15 is 0 Å². The maximum Gasteiger partial charge on any atom is 0.288 e. The average molecular weight is 383 g/mol. The quantitative estimate of drug-likeness (QED) is 0.638. The molecule has 1 aromatic rings. The molecular weight excluding hydrogens is 364 g/mol. The van der Waals surface area contributed by atoms with E-state index in [1.165, 1.54) is 12.3 Å². The number of pyridine rings is 1. The van der Waals surface area contributed by atoms with Crippen LogP contribution in [0.1, 0.15) is 32.1 Å². The van der Waals surface area contributed by atoms with Gasteiger partial charge in [-0.15, -0.1) is 0 Å². The van der Waals surface area contributed by atoms with Crippen LogP contribution in [0.25, 0.3) is 0 Å². The van der Waals surface area contributed by atoms with Gasteiger partial charge in [0.2, 0.25) is 5.91 Å². The first-order valence-corrected chi connectivity index (χ1v) is 8.69. The van der Waals surface area contributed by atoms with E-state index in [1.807, 2.05) is 4.90 Å². The van der Waals surface area contributed by atoms with Crippen LogP contribution in [0, 0.1) is 16.0 Å². The topological polar surface area (TPSA) is 88.4 Å². The number of hydrogen-bond donors (Lipinski definition) is 1. The first-order chi connectivity index (χ1) is 11.0. The van der Waals surface area contributed by atoms with Gasteiger partial charge in [-0.2, -0.15) is 0 Å². The number of aromatic nitrogens is 1. The van der Waals surface area contributed by atoms with E-state index in [0.717, 1.165) is 38.6 Å². The molecule has 1 unspecified atom stereocenters. The smallest absolute Gasteiger partial charge is 0.288 e. The molecule has 2 fully saturated rings. The largest absolute Gasteiger partial charge is 0.365 e. The molecule has 1 aliphatic carbocycles. The third kappa shape index (κ3) is 3.63. The average Bonchev–Trinajstić information content (AvgIpc) is 3.19. The van der Waals surface area contributed by atoms with E-state index in [-0.39, 0.29) is 23.6 Å². The second-order valence-corrected chi connectivity index (χ2v) is 7.03. The fourth-order valence-corrected chi connectivity index (χ4v) is 3.79. The number of likely N-dealkylation sites (tertiary alicyclic amines) is 1. The molecule has 1 aromatic heterocycles. The van der Waals surface area contributed by atoms with Gasteiger partial charge in [-0.3, -0.25) is 14.9 Å². The van der Waals surface area contributed by atoms with Gasteiger partial charge in [-0.1, -0.05) is 12.8 Å². The number of halogens is 1. The van der Waals surface area contributed by atoms with Crippen LogP contribution in [0.4, 0.5) is 11.5 Å². The summed E-state index contributed by atoms with van der Waals surface area (Å²) >= 11 is 3.31. The van der Waals surface area contributed by atoms with Gasteiger partial charge in [0.15, 0.2) is 0 Å². The monoisotopic (exact) mass is 382 g/mol. The molecule has 1 saturated heterocycles. The molecule has 0 aromatic carbocycles. The Bertz CT molecular complexity index is 619. The highest BCUT2D eigenvalue weighted by molar-refractivity contribution is 9.10. The normalized spacial score (nSPS) is 21.6. The molecule has 124 valence electrons. The lowest BCUT2D eigenvalue weighted by molar-refractivity contribution is -0.385. The molecule has 1 aliphatic heterocycles. The van der Waals surface area contributed by atoms with Crippen molar-refractivity contribution in [1.82, 2.24) is 9.88 Å². The summed E-state index contributed by atoms with van der Waals surface area (Å²) in [6, 6.07) is 1.57. The number of carbonyl (C=O) groups is 1. The third-order valence-electron chi connectivity index (χ3n) is 4.58. The third-order valence-corrected chi connectivity index (χ3v) is 5.19. The molecule has 2 heterocycles. The summed E-state index contributed by atoms with van der Waals surface area (Å²) < 4.78 is 0.562. The maximum absolute atomic E-state index is 12.4. The van der Waals surface area contributed by atoms with Crippen molar-refractivity contribution >= 4 is 33.3 Å². The Morgan fingerprint density at radius 3 is 2.78 bits per heavy atom. The molecule has 23 heavy (non-hydrogen) atoms. The lowest BCUT2D eigenvalue weighted by Crippen LogP contribution is -2.35. The van der Waals surface area contributed by atoms with Gasteiger partial charge in [0, 0.05) is 31.1 Å². The van der Waals surface area contributed by atoms with Crippen molar-refractivity contribution in [1.29, 1.82) is 0 Å². The molecule has 7 nitrogen and oxygen atoms in total. The Morgan fingerprint density at radius 1 is 1.39 bits per heavy atom. The van der Waals surface area contributed by atoms with Crippen LogP contribution in [0.3, 0.4) is 0 Å². The van der Waals surface area contributed by atoms with Crippen LogP contribution in [-0.4, -0.2) is 39.8 Å². The van der Waals surface area contributed by atoms with Crippen molar-refractivity contribution in [3.05, 3.63) is 26.9 Å². The second kappa shape index (κ2) is 6.82. The van der Waals surface area contributed by atoms with E-state index < -0.39 is 4.92 Å². The van der Waals surface area contributed by atoms with Crippen LogP contribution in [-0.2, 0) is 4.79 Å². The van der Waals surface area contributed by atoms with Crippen molar-refractivity contribution in [2.45, 2.75) is 38.1 Å². The van der Waals surface area contributed by atoms with Crippen LogP contribution < -0.4 is 5.32 Å². The summed E-state index contributed by atoms with van der Waals surface area (Å²) in [6.07, 6.45) is 6.45. The van der Waals surface area contributed by atoms with Crippen molar-refractivity contribution in [3.8, 4) is 0 Å². The molecule has 1 saturated carbocycles. The van der Waals surface area contributed by atoms with Gasteiger partial charge < -0.3 is 10.2 Å². The molecule has 1 atom stereocenters. The van der Waals surface area contributed by atoms with Crippen LogP contribution in [0.2, 0.25) is 0 Å². The van der Waals surface area contributed by atoms with E-state index in [4.69, 9.17) is 0 Å². The lowest BCUT2D eigenvalue weighted by Gasteiger charge is -2.21. The first-order valence-electron chi connectivity index (χ1n) is 7.90. The fourth-order valence-electron chi connectivity index (χ4n) is 3.34. The van der Waals surface area contributed by atoms with E-state index in [2.05, 4.69) is 26.2 Å². The number of nitrogens with zero attached hydrogens (tertiary/aromatic N) is 3. The Kier molecular flexibility index (Phi) is 4.79. The Balaban J connectivity index is 1.59. The lowest BCUT2D eigenvalue weighted by atomic mass is 10.1. The maximum atomic E-state index is 12.4. The number of carbonyl (C=O) groups excluding carboxylic acids is 1. The van der Waals surface area contributed by atoms with Gasteiger partial charge in [-0.05, 0) is 35.2 Å². The van der Waals surface area contributed by atoms with E-state index in [1.54, 1.807) is 0 Å². The molecular formula is C15H19BrN4O3. The molecule has 8 heteroatoms. The summed E-state index contributed by atoms with van der Waals surface area (Å²) in [5.41, 5.74) is -0.0492. The van der Waals surface area contributed by atoms with Crippen molar-refractivity contribution in [2.75, 3.05) is 18.4 Å². The SMILES string of the molecule is O=C(C1CCCC1)N1CCC(Nc2ncc([N+](=O)[O-])cc2Br)C1. The first kappa shape index (κ1) is 16.2. The summed E-state index contributed by atoms with van der Waals surface area (Å²) in [5, 5.41) is 14.0. The minimum atomic E-state index is -0.473. The zero-order valence-electron chi connectivity index (χ0n) is 12.7. The fraction of sp³-hybridized carbons (Fsp3) is 0.600. The minimum Gasteiger partial charge on any atom is -0.365 e. The van der Waals surface area contributed by atoms with Crippen molar-refractivity contribution in [3.63, 3.8) is 0 Å². The number of anilines is 1. The van der Waals surface area contributed by atoms with Crippen molar-refractivity contribution < 1.29 is 9.72 Å². The van der Waals surface area contributed by atoms with Crippen LogP contribution >= 0.6 is 15.9 Å². The molecule has 1 amide bonds. The summed E-state index contributed by atoms with van der Waals surface area (Å²) in [4.78, 5) is 28.7.